The fourth-order valence-electron chi connectivity index (χ4n) is 3.81. The van der Waals surface area contributed by atoms with Crippen molar-refractivity contribution in [2.24, 2.45) is 0 Å². The number of anilines is 1. The Kier molecular flexibility index (Phi) is 4.73. The van der Waals surface area contributed by atoms with E-state index >= 15 is 0 Å². The number of hydrogen-bond acceptors (Lipinski definition) is 3. The van der Waals surface area contributed by atoms with E-state index in [4.69, 9.17) is 4.74 Å². The van der Waals surface area contributed by atoms with Gasteiger partial charge in [-0.05, 0) is 40.9 Å². The van der Waals surface area contributed by atoms with Crippen molar-refractivity contribution in [3.8, 4) is 11.5 Å². The largest absolute Gasteiger partial charge is 0.471 e. The number of carbonyl (C=O) groups excluding carboxylic acids is 1. The Morgan fingerprint density at radius 2 is 1.96 bits per heavy atom. The smallest absolute Gasteiger partial charge is 0.455 e. The van der Waals surface area contributed by atoms with Gasteiger partial charge < -0.3 is 15.0 Å². The number of benzene rings is 2. The van der Waals surface area contributed by atoms with Crippen molar-refractivity contribution in [3.63, 3.8) is 0 Å². The Balaban J connectivity index is 1.83. The second-order valence-corrected chi connectivity index (χ2v) is 7.59. The predicted molar refractivity (Wildman–Crippen MR) is 97.9 cm³/mol. The zero-order chi connectivity index (χ0) is 20.1. The van der Waals surface area contributed by atoms with Crippen LogP contribution in [0.15, 0.2) is 40.9 Å². The third-order valence-electron chi connectivity index (χ3n) is 4.97. The van der Waals surface area contributed by atoms with Crippen LogP contribution in [0.2, 0.25) is 0 Å². The molecule has 2 atom stereocenters. The van der Waals surface area contributed by atoms with Gasteiger partial charge in [0, 0.05) is 18.2 Å². The third-order valence-corrected chi connectivity index (χ3v) is 5.58. The highest BCUT2D eigenvalue weighted by molar-refractivity contribution is 9.10. The first-order valence-corrected chi connectivity index (χ1v) is 9.45. The van der Waals surface area contributed by atoms with Crippen LogP contribution in [0, 0.1) is 5.82 Å². The van der Waals surface area contributed by atoms with Crippen molar-refractivity contribution < 1.29 is 27.1 Å². The van der Waals surface area contributed by atoms with Gasteiger partial charge in [-0.2, -0.15) is 13.2 Å². The normalized spacial score (nSPS) is 21.0. The lowest BCUT2D eigenvalue weighted by molar-refractivity contribution is -0.174. The lowest BCUT2D eigenvalue weighted by Gasteiger charge is -2.42. The summed E-state index contributed by atoms with van der Waals surface area (Å²) in [5.41, 5.74) is 1.20. The molecule has 0 unspecified atom stereocenters. The maximum Gasteiger partial charge on any atom is 0.471 e. The molecule has 28 heavy (non-hydrogen) atoms. The lowest BCUT2D eigenvalue weighted by atomic mass is 9.89. The topological polar surface area (TPSA) is 41.6 Å². The first-order valence-electron chi connectivity index (χ1n) is 8.66. The van der Waals surface area contributed by atoms with Gasteiger partial charge in [-0.1, -0.05) is 18.2 Å². The van der Waals surface area contributed by atoms with E-state index in [1.165, 1.54) is 6.07 Å². The van der Waals surface area contributed by atoms with Crippen LogP contribution in [0.3, 0.4) is 0 Å². The van der Waals surface area contributed by atoms with Crippen LogP contribution in [0.1, 0.15) is 24.4 Å². The van der Waals surface area contributed by atoms with Crippen LogP contribution in [-0.4, -0.2) is 24.7 Å². The van der Waals surface area contributed by atoms with Gasteiger partial charge in [-0.25, -0.2) is 4.39 Å². The average Bonchev–Trinajstić information content (AvgIpc) is 2.77. The summed E-state index contributed by atoms with van der Waals surface area (Å²) in [5.74, 6) is -1.78. The number of piperidine rings is 1. The number of nitrogens with one attached hydrogen (secondary N) is 1. The van der Waals surface area contributed by atoms with Crippen molar-refractivity contribution in [2.75, 3.05) is 11.4 Å². The van der Waals surface area contributed by atoms with E-state index in [0.717, 1.165) is 0 Å². The maximum atomic E-state index is 14.1. The fourth-order valence-corrected chi connectivity index (χ4v) is 4.14. The van der Waals surface area contributed by atoms with Crippen molar-refractivity contribution in [3.05, 3.63) is 52.3 Å². The number of para-hydroxylation sites is 1. The van der Waals surface area contributed by atoms with Crippen molar-refractivity contribution in [1.82, 2.24) is 5.32 Å². The van der Waals surface area contributed by atoms with E-state index in [0.29, 0.717) is 36.4 Å². The minimum absolute atomic E-state index is 0.223. The molecule has 148 valence electrons. The number of fused-ring (bicyclic) bond motifs is 5. The van der Waals surface area contributed by atoms with E-state index in [1.54, 1.807) is 30.3 Å². The van der Waals surface area contributed by atoms with E-state index in [-0.39, 0.29) is 10.2 Å². The van der Waals surface area contributed by atoms with Gasteiger partial charge in [0.15, 0.2) is 5.75 Å². The van der Waals surface area contributed by atoms with Gasteiger partial charge >= 0.3 is 12.1 Å². The second-order valence-electron chi connectivity index (χ2n) is 6.73. The molecule has 1 saturated heterocycles. The predicted octanol–water partition coefficient (Wildman–Crippen LogP) is 5.08. The number of nitrogens with zero attached hydrogens (tertiary/aromatic N) is 1. The summed E-state index contributed by atoms with van der Waals surface area (Å²) < 4.78 is 58.8. The summed E-state index contributed by atoms with van der Waals surface area (Å²) >= 11 is 3.16. The molecule has 0 saturated carbocycles. The zero-order valence-corrected chi connectivity index (χ0v) is 16.0. The van der Waals surface area contributed by atoms with Crippen LogP contribution in [-0.2, 0) is 4.79 Å². The highest BCUT2D eigenvalue weighted by Crippen LogP contribution is 2.48. The van der Waals surface area contributed by atoms with Gasteiger partial charge in [-0.15, -0.1) is 0 Å². The number of ether oxygens (including phenoxy) is 1. The Labute approximate surface area is 166 Å². The molecule has 9 heteroatoms. The fraction of sp³-hybridized carbons (Fsp3) is 0.316. The van der Waals surface area contributed by atoms with Crippen molar-refractivity contribution >= 4 is 27.5 Å². The van der Waals surface area contributed by atoms with E-state index in [9.17, 15) is 22.4 Å². The van der Waals surface area contributed by atoms with Crippen LogP contribution in [0.4, 0.5) is 23.2 Å². The van der Waals surface area contributed by atoms with Crippen LogP contribution in [0.5, 0.6) is 11.5 Å². The number of amides is 1. The highest BCUT2D eigenvalue weighted by Gasteiger charge is 2.44. The monoisotopic (exact) mass is 458 g/mol. The Morgan fingerprint density at radius 1 is 1.21 bits per heavy atom. The molecule has 4 rings (SSSR count). The first kappa shape index (κ1) is 19.0. The van der Waals surface area contributed by atoms with Gasteiger partial charge in [0.1, 0.15) is 11.6 Å². The van der Waals surface area contributed by atoms with E-state index in [2.05, 4.69) is 21.2 Å². The van der Waals surface area contributed by atoms with Crippen LogP contribution in [0.25, 0.3) is 0 Å². The number of halogens is 5. The third kappa shape index (κ3) is 3.32. The lowest BCUT2D eigenvalue weighted by Crippen LogP contribution is -2.52. The second kappa shape index (κ2) is 6.95. The molecule has 2 heterocycles. The SMILES string of the molecule is O=C(N[C@@H]1CCCN2c3cc(Br)c(F)cc3Oc3ccccc3[C@@H]12)C(F)(F)F. The molecular formula is C19H15BrF4N2O2. The van der Waals surface area contributed by atoms with E-state index in [1.807, 2.05) is 4.90 Å². The van der Waals surface area contributed by atoms with Gasteiger partial charge in [-0.3, -0.25) is 4.79 Å². The average molecular weight is 459 g/mol. The molecule has 0 spiro atoms. The minimum atomic E-state index is -4.97. The minimum Gasteiger partial charge on any atom is -0.455 e. The maximum absolute atomic E-state index is 14.1. The van der Waals surface area contributed by atoms with Gasteiger partial charge in [0.25, 0.3) is 0 Å². The molecule has 0 bridgehead atoms. The summed E-state index contributed by atoms with van der Waals surface area (Å²) in [4.78, 5) is 13.5. The summed E-state index contributed by atoms with van der Waals surface area (Å²) in [5, 5.41) is 2.14. The Bertz CT molecular complexity index is 935. The molecule has 2 aromatic carbocycles. The van der Waals surface area contributed by atoms with Gasteiger partial charge in [0.05, 0.1) is 22.2 Å². The van der Waals surface area contributed by atoms with Crippen molar-refractivity contribution in [2.45, 2.75) is 31.1 Å². The number of alkyl halides is 3. The van der Waals surface area contributed by atoms with Crippen LogP contribution >= 0.6 is 15.9 Å². The zero-order valence-electron chi connectivity index (χ0n) is 14.4. The molecule has 0 radical (unpaired) electrons. The van der Waals surface area contributed by atoms with Crippen LogP contribution < -0.4 is 15.0 Å². The molecule has 1 N–H and O–H groups in total. The standard InChI is InChI=1S/C19H15BrF4N2O2/c20-11-8-14-16(9-12(11)21)28-15-6-2-1-4-10(15)17-13(5-3-7-26(14)17)25-18(27)19(22,23)24/h1-2,4,6,8-9,13,17H,3,5,7H2,(H,25,27)/t13-,17+/m1/s1. The Hall–Kier alpha value is -2.29. The van der Waals surface area contributed by atoms with Gasteiger partial charge in [0.2, 0.25) is 0 Å². The molecular weight excluding hydrogens is 444 g/mol. The quantitative estimate of drug-likeness (QED) is 0.605. The number of carbonyl (C=O) groups is 1. The summed E-state index contributed by atoms with van der Waals surface area (Å²) in [6.07, 6.45) is -4.02. The molecule has 2 aliphatic heterocycles. The summed E-state index contributed by atoms with van der Waals surface area (Å²) in [6.45, 7) is 0.534. The molecule has 0 aliphatic carbocycles. The van der Waals surface area contributed by atoms with Crippen molar-refractivity contribution in [1.29, 1.82) is 0 Å². The molecule has 0 aromatic heterocycles. The number of hydrogen-bond donors (Lipinski definition) is 1. The molecule has 2 aliphatic rings. The molecule has 1 fully saturated rings. The number of rotatable bonds is 1. The summed E-state index contributed by atoms with van der Waals surface area (Å²) in [7, 11) is 0. The molecule has 4 nitrogen and oxygen atoms in total. The summed E-state index contributed by atoms with van der Waals surface area (Å²) in [6, 6.07) is 8.37. The first-order chi connectivity index (χ1) is 13.3. The van der Waals surface area contributed by atoms with E-state index < -0.39 is 30.0 Å². The highest BCUT2D eigenvalue weighted by atomic mass is 79.9. The molecule has 2 aromatic rings. The Morgan fingerprint density at radius 3 is 2.71 bits per heavy atom. The molecule has 1 amide bonds.